The molecule has 1 amide bonds. The molecule has 25 heavy (non-hydrogen) atoms. The maximum atomic E-state index is 12.4. The first kappa shape index (κ1) is 17.2. The van der Waals surface area contributed by atoms with Crippen LogP contribution in [0.3, 0.4) is 0 Å². The van der Waals surface area contributed by atoms with Crippen molar-refractivity contribution in [1.82, 2.24) is 9.97 Å². The van der Waals surface area contributed by atoms with Crippen molar-refractivity contribution in [3.8, 4) is 0 Å². The minimum Gasteiger partial charge on any atom is -0.370 e. The van der Waals surface area contributed by atoms with Gasteiger partial charge in [-0.3, -0.25) is 4.79 Å². The maximum Gasteiger partial charge on any atom is 0.237 e. The first-order valence-corrected chi connectivity index (χ1v) is 9.12. The highest BCUT2D eigenvalue weighted by molar-refractivity contribution is 7.99. The van der Waals surface area contributed by atoms with E-state index in [1.54, 1.807) is 11.9 Å². The van der Waals surface area contributed by atoms with E-state index in [2.05, 4.69) is 15.3 Å². The van der Waals surface area contributed by atoms with E-state index in [1.165, 1.54) is 11.8 Å². The number of nitrogens with one attached hydrogen (secondary N) is 1. The van der Waals surface area contributed by atoms with Gasteiger partial charge in [-0.05, 0) is 31.2 Å². The number of para-hydroxylation sites is 2. The summed E-state index contributed by atoms with van der Waals surface area (Å²) in [5.41, 5.74) is 1.75. The Morgan fingerprint density at radius 1 is 1.08 bits per heavy atom. The van der Waals surface area contributed by atoms with Gasteiger partial charge in [-0.25, -0.2) is 9.97 Å². The van der Waals surface area contributed by atoms with Crippen LogP contribution in [0.1, 0.15) is 6.92 Å². The summed E-state index contributed by atoms with van der Waals surface area (Å²) < 4.78 is 0. The summed E-state index contributed by atoms with van der Waals surface area (Å²) in [6, 6.07) is 17.5. The van der Waals surface area contributed by atoms with Crippen molar-refractivity contribution in [2.45, 2.75) is 12.1 Å². The van der Waals surface area contributed by atoms with Gasteiger partial charge in [0.1, 0.15) is 5.82 Å². The molecule has 1 heterocycles. The van der Waals surface area contributed by atoms with Crippen molar-refractivity contribution in [2.75, 3.05) is 29.6 Å². The molecule has 0 bridgehead atoms. The second-order valence-corrected chi connectivity index (χ2v) is 6.42. The van der Waals surface area contributed by atoms with Crippen LogP contribution in [0.4, 0.5) is 11.5 Å². The third-order valence-corrected chi connectivity index (χ3v) is 4.60. The molecule has 5 nitrogen and oxygen atoms in total. The van der Waals surface area contributed by atoms with E-state index in [4.69, 9.17) is 0 Å². The van der Waals surface area contributed by atoms with E-state index >= 15 is 0 Å². The molecular weight excluding hydrogens is 332 g/mol. The number of carbonyl (C=O) groups is 1. The van der Waals surface area contributed by atoms with Crippen molar-refractivity contribution in [3.63, 3.8) is 0 Å². The summed E-state index contributed by atoms with van der Waals surface area (Å²) in [5, 5.41) is 4.86. The number of carbonyl (C=O) groups excluding carboxylic acids is 1. The number of hydrogen-bond acceptors (Lipinski definition) is 5. The Bertz CT molecular complexity index is 870. The number of amides is 1. The van der Waals surface area contributed by atoms with Gasteiger partial charge in [0.15, 0.2) is 5.16 Å². The zero-order chi connectivity index (χ0) is 17.6. The van der Waals surface area contributed by atoms with Crippen LogP contribution in [0.5, 0.6) is 0 Å². The number of hydrogen-bond donors (Lipinski definition) is 1. The lowest BCUT2D eigenvalue weighted by Crippen LogP contribution is -2.27. The fourth-order valence-electron chi connectivity index (χ4n) is 2.44. The molecule has 0 spiro atoms. The highest BCUT2D eigenvalue weighted by Crippen LogP contribution is 2.24. The van der Waals surface area contributed by atoms with E-state index in [0.29, 0.717) is 5.16 Å². The van der Waals surface area contributed by atoms with Crippen LogP contribution in [-0.2, 0) is 4.79 Å². The number of fused-ring (bicyclic) bond motifs is 1. The number of nitrogens with zero attached hydrogens (tertiary/aromatic N) is 3. The number of anilines is 2. The van der Waals surface area contributed by atoms with Crippen molar-refractivity contribution < 1.29 is 4.79 Å². The Labute approximate surface area is 151 Å². The van der Waals surface area contributed by atoms with Gasteiger partial charge in [0.2, 0.25) is 5.91 Å². The fourth-order valence-corrected chi connectivity index (χ4v) is 3.21. The minimum atomic E-state index is 0.0120. The normalized spacial score (nSPS) is 10.6. The molecule has 0 aliphatic rings. The van der Waals surface area contributed by atoms with Crippen LogP contribution >= 0.6 is 11.8 Å². The molecule has 6 heteroatoms. The van der Waals surface area contributed by atoms with Crippen LogP contribution in [0.15, 0.2) is 59.8 Å². The quantitative estimate of drug-likeness (QED) is 0.540. The second-order valence-electron chi connectivity index (χ2n) is 5.48. The molecule has 0 radical (unpaired) electrons. The monoisotopic (exact) mass is 352 g/mol. The SMILES string of the molecule is CCNc1nc(SCC(=O)N(C)c2ccccc2)nc2ccccc12. The summed E-state index contributed by atoms with van der Waals surface area (Å²) in [5.74, 6) is 1.10. The zero-order valence-corrected chi connectivity index (χ0v) is 15.1. The van der Waals surface area contributed by atoms with Gasteiger partial charge in [-0.15, -0.1) is 0 Å². The smallest absolute Gasteiger partial charge is 0.237 e. The zero-order valence-electron chi connectivity index (χ0n) is 14.3. The second kappa shape index (κ2) is 7.98. The molecular formula is C19H20N4OS. The Balaban J connectivity index is 1.75. The Hall–Kier alpha value is -2.60. The third-order valence-electron chi connectivity index (χ3n) is 3.77. The highest BCUT2D eigenvalue weighted by Gasteiger charge is 2.13. The van der Waals surface area contributed by atoms with Gasteiger partial charge in [0, 0.05) is 24.7 Å². The lowest BCUT2D eigenvalue weighted by molar-refractivity contribution is -0.115. The average Bonchev–Trinajstić information content (AvgIpc) is 2.66. The average molecular weight is 352 g/mol. The minimum absolute atomic E-state index is 0.0120. The van der Waals surface area contributed by atoms with Gasteiger partial charge in [-0.2, -0.15) is 0 Å². The van der Waals surface area contributed by atoms with Crippen LogP contribution in [0, 0.1) is 0 Å². The highest BCUT2D eigenvalue weighted by atomic mass is 32.2. The van der Waals surface area contributed by atoms with Crippen molar-refractivity contribution in [1.29, 1.82) is 0 Å². The molecule has 0 saturated heterocycles. The molecule has 3 rings (SSSR count). The van der Waals surface area contributed by atoms with Gasteiger partial charge in [0.25, 0.3) is 0 Å². The predicted molar refractivity (Wildman–Crippen MR) is 104 cm³/mol. The molecule has 1 N–H and O–H groups in total. The molecule has 0 atom stereocenters. The van der Waals surface area contributed by atoms with E-state index in [0.717, 1.165) is 29.0 Å². The van der Waals surface area contributed by atoms with Gasteiger partial charge >= 0.3 is 0 Å². The molecule has 0 fully saturated rings. The molecule has 0 saturated carbocycles. The molecule has 0 unspecified atom stereocenters. The standard InChI is InChI=1S/C19H20N4OS/c1-3-20-18-15-11-7-8-12-16(15)21-19(22-18)25-13-17(24)23(2)14-9-5-4-6-10-14/h4-12H,3,13H2,1-2H3,(H,20,21,22). The van der Waals surface area contributed by atoms with Gasteiger partial charge in [0.05, 0.1) is 11.3 Å². The third kappa shape index (κ3) is 4.09. The first-order chi connectivity index (χ1) is 12.2. The molecule has 0 aliphatic heterocycles. The van der Waals surface area contributed by atoms with Crippen LogP contribution < -0.4 is 10.2 Å². The number of rotatable bonds is 6. The molecule has 0 aliphatic carbocycles. The van der Waals surface area contributed by atoms with E-state index in [-0.39, 0.29) is 11.7 Å². The predicted octanol–water partition coefficient (Wildman–Crippen LogP) is 3.82. The molecule has 3 aromatic rings. The number of benzene rings is 2. The Morgan fingerprint density at radius 2 is 1.80 bits per heavy atom. The largest absolute Gasteiger partial charge is 0.370 e. The molecule has 2 aromatic carbocycles. The summed E-state index contributed by atoms with van der Waals surface area (Å²) in [7, 11) is 1.78. The van der Waals surface area contributed by atoms with E-state index in [9.17, 15) is 4.79 Å². The Kier molecular flexibility index (Phi) is 5.50. The number of thioether (sulfide) groups is 1. The van der Waals surface area contributed by atoms with Gasteiger partial charge in [-0.1, -0.05) is 42.1 Å². The Morgan fingerprint density at radius 3 is 2.56 bits per heavy atom. The summed E-state index contributed by atoms with van der Waals surface area (Å²) >= 11 is 1.35. The summed E-state index contributed by atoms with van der Waals surface area (Å²) in [6.07, 6.45) is 0. The molecule has 1 aromatic heterocycles. The van der Waals surface area contributed by atoms with Crippen LogP contribution in [-0.4, -0.2) is 35.2 Å². The van der Waals surface area contributed by atoms with Crippen LogP contribution in [0.25, 0.3) is 10.9 Å². The van der Waals surface area contributed by atoms with E-state index < -0.39 is 0 Å². The fraction of sp³-hybridized carbons (Fsp3) is 0.211. The lowest BCUT2D eigenvalue weighted by Gasteiger charge is -2.16. The number of aromatic nitrogens is 2. The first-order valence-electron chi connectivity index (χ1n) is 8.14. The van der Waals surface area contributed by atoms with Crippen LogP contribution in [0.2, 0.25) is 0 Å². The molecule has 128 valence electrons. The maximum absolute atomic E-state index is 12.4. The van der Waals surface area contributed by atoms with Crippen molar-refractivity contribution in [2.24, 2.45) is 0 Å². The van der Waals surface area contributed by atoms with Crippen molar-refractivity contribution in [3.05, 3.63) is 54.6 Å². The summed E-state index contributed by atoms with van der Waals surface area (Å²) in [6.45, 7) is 2.81. The van der Waals surface area contributed by atoms with Gasteiger partial charge < -0.3 is 10.2 Å². The lowest BCUT2D eigenvalue weighted by atomic mass is 10.2. The topological polar surface area (TPSA) is 58.1 Å². The van der Waals surface area contributed by atoms with Crippen molar-refractivity contribution >= 4 is 40.1 Å². The summed E-state index contributed by atoms with van der Waals surface area (Å²) in [4.78, 5) is 23.2. The van der Waals surface area contributed by atoms with E-state index in [1.807, 2.05) is 61.5 Å².